The summed E-state index contributed by atoms with van der Waals surface area (Å²) in [5.74, 6) is 0.200. The second-order valence-corrected chi connectivity index (χ2v) is 5.42. The third kappa shape index (κ3) is 4.53. The summed E-state index contributed by atoms with van der Waals surface area (Å²) in [6.45, 7) is 7.33. The molecule has 124 valence electrons. The van der Waals surface area contributed by atoms with Crippen molar-refractivity contribution in [2.75, 3.05) is 13.2 Å². The van der Waals surface area contributed by atoms with Crippen LogP contribution in [-0.4, -0.2) is 45.8 Å². The molecule has 1 aromatic carbocycles. The van der Waals surface area contributed by atoms with Crippen LogP contribution in [-0.2, 0) is 16.0 Å². The molecule has 2 rings (SSSR count). The molecule has 0 aliphatic heterocycles. The molecular weight excluding hydrogens is 298 g/mol. The Kier molecular flexibility index (Phi) is 5.70. The number of carbonyl (C=O) groups is 1. The third-order valence-corrected chi connectivity index (χ3v) is 3.17. The minimum atomic E-state index is -0.556. The van der Waals surface area contributed by atoms with Gasteiger partial charge in [0.05, 0.1) is 12.7 Å². The lowest BCUT2D eigenvalue weighted by molar-refractivity contribution is -0.139. The second-order valence-electron chi connectivity index (χ2n) is 5.42. The van der Waals surface area contributed by atoms with E-state index in [0.29, 0.717) is 36.3 Å². The number of nitrogens with zero attached hydrogens (tertiary/aromatic N) is 2. The summed E-state index contributed by atoms with van der Waals surface area (Å²) in [5.41, 5.74) is 2.73. The van der Waals surface area contributed by atoms with E-state index in [1.807, 2.05) is 12.1 Å². The zero-order valence-electron chi connectivity index (χ0n) is 13.3. The van der Waals surface area contributed by atoms with E-state index in [1.54, 1.807) is 13.8 Å². The minimum absolute atomic E-state index is 0.193. The largest absolute Gasteiger partial charge is 0.488 e. The first-order valence-electron chi connectivity index (χ1n) is 7.45. The quantitative estimate of drug-likeness (QED) is 0.437. The number of carbonyl (C=O) groups excluding carboxylic acids is 1. The van der Waals surface area contributed by atoms with Gasteiger partial charge in [-0.25, -0.2) is 4.79 Å². The van der Waals surface area contributed by atoms with Crippen molar-refractivity contribution in [1.29, 1.82) is 0 Å². The maximum Gasteiger partial charge on any atom is 0.333 e. The molecule has 7 nitrogen and oxygen atoms in total. The summed E-state index contributed by atoms with van der Waals surface area (Å²) in [6.07, 6.45) is 0.817. The normalized spacial score (nSPS) is 12.1. The van der Waals surface area contributed by atoms with Gasteiger partial charge in [0.2, 0.25) is 0 Å². The van der Waals surface area contributed by atoms with Gasteiger partial charge in [0, 0.05) is 5.57 Å². The van der Waals surface area contributed by atoms with Gasteiger partial charge >= 0.3 is 5.97 Å². The van der Waals surface area contributed by atoms with Gasteiger partial charge in [0.15, 0.2) is 5.52 Å². The molecule has 7 heteroatoms. The van der Waals surface area contributed by atoms with Gasteiger partial charge in [-0.3, -0.25) is 0 Å². The summed E-state index contributed by atoms with van der Waals surface area (Å²) in [6, 6.07) is 3.71. The van der Waals surface area contributed by atoms with Crippen molar-refractivity contribution < 1.29 is 19.4 Å². The Morgan fingerprint density at radius 2 is 2.13 bits per heavy atom. The van der Waals surface area contributed by atoms with Crippen LogP contribution in [0.3, 0.4) is 0 Å². The van der Waals surface area contributed by atoms with E-state index in [1.165, 1.54) is 0 Å². The number of esters is 1. The maximum atomic E-state index is 11.3. The van der Waals surface area contributed by atoms with E-state index in [-0.39, 0.29) is 12.6 Å². The topological polar surface area (TPSA) is 97.3 Å². The highest BCUT2D eigenvalue weighted by Crippen LogP contribution is 2.26. The number of rotatable bonds is 8. The van der Waals surface area contributed by atoms with Gasteiger partial charge in [-0.2, -0.15) is 15.4 Å². The van der Waals surface area contributed by atoms with Gasteiger partial charge in [0.25, 0.3) is 0 Å². The molecule has 0 saturated heterocycles. The monoisotopic (exact) mass is 319 g/mol. The first kappa shape index (κ1) is 17.0. The minimum Gasteiger partial charge on any atom is -0.488 e. The number of hydrogen-bond donors (Lipinski definition) is 2. The Bertz CT molecular complexity index is 694. The van der Waals surface area contributed by atoms with Gasteiger partial charge in [0.1, 0.15) is 17.9 Å². The van der Waals surface area contributed by atoms with Crippen LogP contribution < -0.4 is 4.74 Å². The number of nitrogens with one attached hydrogen (secondary N) is 1. The average molecular weight is 319 g/mol. The molecule has 2 aromatic rings. The van der Waals surface area contributed by atoms with Crippen LogP contribution in [0.1, 0.15) is 25.8 Å². The fourth-order valence-electron chi connectivity index (χ4n) is 2.04. The lowest BCUT2D eigenvalue weighted by Gasteiger charge is -2.10. The van der Waals surface area contributed by atoms with E-state index >= 15 is 0 Å². The molecule has 0 aliphatic carbocycles. The van der Waals surface area contributed by atoms with Crippen molar-refractivity contribution in [3.05, 3.63) is 29.8 Å². The van der Waals surface area contributed by atoms with Crippen LogP contribution in [0, 0.1) is 0 Å². The lowest BCUT2D eigenvalue weighted by atomic mass is 10.1. The molecule has 0 fully saturated rings. The predicted molar refractivity (Wildman–Crippen MR) is 85.2 cm³/mol. The molecule has 0 saturated carbocycles. The zero-order chi connectivity index (χ0) is 16.8. The SMILES string of the molecule is C=C(C)C(=O)OCCCc1ccc(OCC(C)O)c2n[nH]nc12. The Morgan fingerprint density at radius 3 is 2.83 bits per heavy atom. The van der Waals surface area contributed by atoms with Gasteiger partial charge in [-0.1, -0.05) is 12.6 Å². The number of aromatic nitrogens is 3. The zero-order valence-corrected chi connectivity index (χ0v) is 13.3. The molecule has 0 aliphatic rings. The van der Waals surface area contributed by atoms with E-state index in [9.17, 15) is 9.90 Å². The molecule has 23 heavy (non-hydrogen) atoms. The molecule has 0 bridgehead atoms. The summed E-state index contributed by atoms with van der Waals surface area (Å²) in [7, 11) is 0. The van der Waals surface area contributed by atoms with E-state index in [2.05, 4.69) is 22.0 Å². The summed E-state index contributed by atoms with van der Waals surface area (Å²) < 4.78 is 10.6. The fraction of sp³-hybridized carbons (Fsp3) is 0.438. The number of hydrogen-bond acceptors (Lipinski definition) is 6. The van der Waals surface area contributed by atoms with E-state index < -0.39 is 6.10 Å². The maximum absolute atomic E-state index is 11.3. The number of aryl methyl sites for hydroxylation is 1. The van der Waals surface area contributed by atoms with Crippen LogP contribution in [0.15, 0.2) is 24.3 Å². The average Bonchev–Trinajstić information content (AvgIpc) is 2.99. The Balaban J connectivity index is 1.99. The number of benzene rings is 1. The first-order chi connectivity index (χ1) is 11.0. The van der Waals surface area contributed by atoms with Crippen molar-refractivity contribution in [1.82, 2.24) is 15.4 Å². The number of ether oxygens (including phenoxy) is 2. The van der Waals surface area contributed by atoms with Crippen LogP contribution in [0.4, 0.5) is 0 Å². The summed E-state index contributed by atoms with van der Waals surface area (Å²) in [5, 5.41) is 20.1. The first-order valence-corrected chi connectivity index (χ1v) is 7.45. The van der Waals surface area contributed by atoms with Crippen molar-refractivity contribution >= 4 is 17.0 Å². The molecular formula is C16H21N3O4. The summed E-state index contributed by atoms with van der Waals surface area (Å²) in [4.78, 5) is 11.3. The Hall–Kier alpha value is -2.41. The van der Waals surface area contributed by atoms with Crippen molar-refractivity contribution in [3.8, 4) is 5.75 Å². The van der Waals surface area contributed by atoms with Crippen LogP contribution >= 0.6 is 0 Å². The van der Waals surface area contributed by atoms with Gasteiger partial charge in [-0.15, -0.1) is 0 Å². The number of aromatic amines is 1. The molecule has 2 N–H and O–H groups in total. The standard InChI is InChI=1S/C16H21N3O4/c1-10(2)16(21)22-8-4-5-12-6-7-13(23-9-11(3)20)15-14(12)17-19-18-15/h6-7,11,20H,1,4-5,8-9H2,2-3H3,(H,17,18,19). The number of H-pyrrole nitrogens is 1. The van der Waals surface area contributed by atoms with Crippen molar-refractivity contribution in [2.24, 2.45) is 0 Å². The molecule has 0 spiro atoms. The molecule has 1 atom stereocenters. The third-order valence-electron chi connectivity index (χ3n) is 3.17. The lowest BCUT2D eigenvalue weighted by Crippen LogP contribution is -2.13. The number of aliphatic hydroxyl groups is 1. The molecule has 0 radical (unpaired) electrons. The van der Waals surface area contributed by atoms with Crippen molar-refractivity contribution in [2.45, 2.75) is 32.8 Å². The van der Waals surface area contributed by atoms with Gasteiger partial charge < -0.3 is 14.6 Å². The molecule has 1 aromatic heterocycles. The Labute approximate surface area is 134 Å². The second kappa shape index (κ2) is 7.73. The summed E-state index contributed by atoms with van der Waals surface area (Å²) >= 11 is 0. The smallest absolute Gasteiger partial charge is 0.333 e. The number of fused-ring (bicyclic) bond motifs is 1. The highest BCUT2D eigenvalue weighted by molar-refractivity contribution is 5.87. The number of aliphatic hydroxyl groups excluding tert-OH is 1. The van der Waals surface area contributed by atoms with Gasteiger partial charge in [-0.05, 0) is 38.3 Å². The van der Waals surface area contributed by atoms with Crippen LogP contribution in [0.5, 0.6) is 5.75 Å². The van der Waals surface area contributed by atoms with E-state index in [4.69, 9.17) is 9.47 Å². The highest BCUT2D eigenvalue weighted by Gasteiger charge is 2.12. The predicted octanol–water partition coefficient (Wildman–Crippen LogP) is 1.77. The van der Waals surface area contributed by atoms with E-state index in [0.717, 1.165) is 11.1 Å². The van der Waals surface area contributed by atoms with Crippen LogP contribution in [0.2, 0.25) is 0 Å². The highest BCUT2D eigenvalue weighted by atomic mass is 16.5. The van der Waals surface area contributed by atoms with Crippen molar-refractivity contribution in [3.63, 3.8) is 0 Å². The Morgan fingerprint density at radius 1 is 1.39 bits per heavy atom. The molecule has 0 amide bonds. The van der Waals surface area contributed by atoms with Crippen LogP contribution in [0.25, 0.3) is 11.0 Å². The molecule has 1 unspecified atom stereocenters. The fourth-order valence-corrected chi connectivity index (χ4v) is 2.04. The molecule has 1 heterocycles.